The standard InChI is InChI=1S/C11H16S8/c12-1-8-3-16-10(18-8)5-14-7-15-6-11-17-4-9(2-13)19-11/h3-4,10-13H,1-2,5-7H2. The molecule has 2 aliphatic rings. The van der Waals surface area contributed by atoms with Gasteiger partial charge in [0.2, 0.25) is 0 Å². The molecule has 0 N–H and O–H groups in total. The van der Waals surface area contributed by atoms with Crippen LogP contribution in [0.15, 0.2) is 20.6 Å². The van der Waals surface area contributed by atoms with Crippen molar-refractivity contribution in [2.75, 3.05) is 28.1 Å². The largest absolute Gasteiger partial charge is 0.174 e. The van der Waals surface area contributed by atoms with Crippen molar-refractivity contribution in [3.8, 4) is 0 Å². The van der Waals surface area contributed by atoms with Gasteiger partial charge in [0, 0.05) is 37.9 Å². The number of hydrogen-bond acceptors (Lipinski definition) is 8. The summed E-state index contributed by atoms with van der Waals surface area (Å²) in [5, 5.41) is 5.75. The van der Waals surface area contributed by atoms with Crippen molar-refractivity contribution in [2.45, 2.75) is 9.16 Å². The van der Waals surface area contributed by atoms with Crippen molar-refractivity contribution in [1.29, 1.82) is 0 Å². The Labute approximate surface area is 152 Å². The fourth-order valence-corrected chi connectivity index (χ4v) is 10.1. The van der Waals surface area contributed by atoms with Gasteiger partial charge in [-0.15, -0.1) is 70.6 Å². The zero-order chi connectivity index (χ0) is 13.5. The number of hydrogen-bond donors (Lipinski definition) is 2. The van der Waals surface area contributed by atoms with Crippen LogP contribution in [0.4, 0.5) is 0 Å². The van der Waals surface area contributed by atoms with Crippen molar-refractivity contribution in [3.05, 3.63) is 20.6 Å². The van der Waals surface area contributed by atoms with E-state index in [-0.39, 0.29) is 0 Å². The maximum atomic E-state index is 4.32. The van der Waals surface area contributed by atoms with Gasteiger partial charge < -0.3 is 0 Å². The van der Waals surface area contributed by atoms with Crippen molar-refractivity contribution in [1.82, 2.24) is 0 Å². The first kappa shape index (κ1) is 17.6. The number of rotatable bonds is 8. The Bertz CT molecular complexity index is 308. The minimum atomic E-state index is 0.709. The van der Waals surface area contributed by atoms with E-state index in [4.69, 9.17) is 0 Å². The molecule has 0 amide bonds. The zero-order valence-corrected chi connectivity index (χ0v) is 16.9. The summed E-state index contributed by atoms with van der Waals surface area (Å²) in [4.78, 5) is 2.85. The lowest BCUT2D eigenvalue weighted by molar-refractivity contribution is 1.45. The Morgan fingerprint density at radius 2 is 1.37 bits per heavy atom. The van der Waals surface area contributed by atoms with E-state index >= 15 is 0 Å². The molecule has 19 heavy (non-hydrogen) atoms. The lowest BCUT2D eigenvalue weighted by atomic mass is 10.7. The fourth-order valence-electron chi connectivity index (χ4n) is 1.40. The lowest BCUT2D eigenvalue weighted by Crippen LogP contribution is -1.99. The van der Waals surface area contributed by atoms with Crippen LogP contribution in [0.3, 0.4) is 0 Å². The smallest absolute Gasteiger partial charge is 0.0678 e. The topological polar surface area (TPSA) is 0 Å². The summed E-state index contributed by atoms with van der Waals surface area (Å²) in [6.07, 6.45) is 0. The molecule has 8 heteroatoms. The second-order valence-corrected chi connectivity index (χ2v) is 12.2. The summed E-state index contributed by atoms with van der Waals surface area (Å²) in [5.74, 6) is 4.26. The highest BCUT2D eigenvalue weighted by atomic mass is 32.2. The van der Waals surface area contributed by atoms with E-state index in [9.17, 15) is 0 Å². The minimum Gasteiger partial charge on any atom is -0.174 e. The van der Waals surface area contributed by atoms with E-state index in [1.165, 1.54) is 26.4 Å². The van der Waals surface area contributed by atoms with Gasteiger partial charge in [0.25, 0.3) is 0 Å². The van der Waals surface area contributed by atoms with Gasteiger partial charge in [0.05, 0.1) is 9.16 Å². The molecule has 0 saturated heterocycles. The maximum Gasteiger partial charge on any atom is 0.0678 e. The van der Waals surface area contributed by atoms with Crippen molar-refractivity contribution in [3.63, 3.8) is 0 Å². The molecule has 2 aliphatic heterocycles. The van der Waals surface area contributed by atoms with Crippen LogP contribution < -0.4 is 0 Å². The Kier molecular flexibility index (Phi) is 9.40. The molecule has 108 valence electrons. The summed E-state index contributed by atoms with van der Waals surface area (Å²) in [7, 11) is 0. The van der Waals surface area contributed by atoms with Crippen LogP contribution in [-0.2, 0) is 0 Å². The molecule has 0 bridgehead atoms. The third kappa shape index (κ3) is 6.50. The molecule has 0 aliphatic carbocycles. The molecular formula is C11H16S8. The van der Waals surface area contributed by atoms with E-state index in [0.717, 1.165) is 11.5 Å². The van der Waals surface area contributed by atoms with Crippen molar-refractivity contribution < 1.29 is 0 Å². The van der Waals surface area contributed by atoms with Crippen LogP contribution in [0, 0.1) is 0 Å². The Hall–Kier alpha value is 2.28. The van der Waals surface area contributed by atoms with E-state index in [1.54, 1.807) is 0 Å². The van der Waals surface area contributed by atoms with Crippen LogP contribution in [0.25, 0.3) is 0 Å². The fraction of sp³-hybridized carbons (Fsp3) is 0.636. The first-order valence-corrected chi connectivity index (χ1v) is 12.9. The predicted octanol–water partition coefficient (Wildman–Crippen LogP) is 5.56. The average molecular weight is 405 g/mol. The van der Waals surface area contributed by atoms with Gasteiger partial charge in [-0.05, 0) is 10.8 Å². The molecule has 2 rings (SSSR count). The van der Waals surface area contributed by atoms with Crippen molar-refractivity contribution >= 4 is 95.8 Å². The van der Waals surface area contributed by atoms with Gasteiger partial charge >= 0.3 is 0 Å². The van der Waals surface area contributed by atoms with Crippen molar-refractivity contribution in [2.24, 2.45) is 0 Å². The molecule has 0 saturated carbocycles. The molecule has 0 fully saturated rings. The minimum absolute atomic E-state index is 0.709. The average Bonchev–Trinajstić information content (AvgIpc) is 3.06. The molecule has 2 heterocycles. The quantitative estimate of drug-likeness (QED) is 0.306. The van der Waals surface area contributed by atoms with E-state index in [2.05, 4.69) is 59.6 Å². The molecular weight excluding hydrogens is 389 g/mol. The number of thioether (sulfide) groups is 6. The SMILES string of the molecule is SCC1=CSC(CSCSCC2SC=C(CS)S2)S1. The summed E-state index contributed by atoms with van der Waals surface area (Å²) >= 11 is 20.7. The van der Waals surface area contributed by atoms with E-state index in [1.807, 2.05) is 47.0 Å². The molecule has 0 radical (unpaired) electrons. The van der Waals surface area contributed by atoms with Gasteiger partial charge in [-0.1, -0.05) is 0 Å². The normalized spacial score (nSPS) is 26.6. The van der Waals surface area contributed by atoms with E-state index < -0.39 is 0 Å². The highest BCUT2D eigenvalue weighted by Crippen LogP contribution is 2.43. The molecule has 2 atom stereocenters. The van der Waals surface area contributed by atoms with E-state index in [0.29, 0.717) is 9.16 Å². The molecule has 2 unspecified atom stereocenters. The summed E-state index contributed by atoms with van der Waals surface area (Å²) < 4.78 is 1.42. The van der Waals surface area contributed by atoms with Gasteiger partial charge in [-0.3, -0.25) is 0 Å². The van der Waals surface area contributed by atoms with Crippen LogP contribution in [0.5, 0.6) is 0 Å². The van der Waals surface area contributed by atoms with Gasteiger partial charge in [-0.2, -0.15) is 25.3 Å². The summed E-state index contributed by atoms with van der Waals surface area (Å²) in [5.41, 5.74) is 0. The molecule has 0 aromatic carbocycles. The lowest BCUT2D eigenvalue weighted by Gasteiger charge is -2.10. The summed E-state index contributed by atoms with van der Waals surface area (Å²) in [6, 6.07) is 0. The van der Waals surface area contributed by atoms with Gasteiger partial charge in [-0.25, -0.2) is 0 Å². The Morgan fingerprint density at radius 1 is 0.895 bits per heavy atom. The second kappa shape index (κ2) is 10.1. The maximum absolute atomic E-state index is 4.32. The van der Waals surface area contributed by atoms with Gasteiger partial charge in [0.15, 0.2) is 0 Å². The molecule has 0 nitrogen and oxygen atoms in total. The first-order chi connectivity index (χ1) is 9.31. The van der Waals surface area contributed by atoms with Gasteiger partial charge in [0.1, 0.15) is 0 Å². The Balaban J connectivity index is 1.45. The summed E-state index contributed by atoms with van der Waals surface area (Å²) in [6.45, 7) is 0. The third-order valence-electron chi connectivity index (χ3n) is 2.25. The zero-order valence-electron chi connectivity index (χ0n) is 10.2. The Morgan fingerprint density at radius 3 is 1.74 bits per heavy atom. The predicted molar refractivity (Wildman–Crippen MR) is 112 cm³/mol. The number of thiol groups is 2. The van der Waals surface area contributed by atoms with Crippen LogP contribution in [-0.4, -0.2) is 37.3 Å². The van der Waals surface area contributed by atoms with Crippen LogP contribution in [0.2, 0.25) is 0 Å². The monoisotopic (exact) mass is 404 g/mol. The third-order valence-corrected chi connectivity index (χ3v) is 12.0. The molecule has 0 spiro atoms. The second-order valence-electron chi connectivity index (χ2n) is 3.71. The van der Waals surface area contributed by atoms with Crippen LogP contribution >= 0.6 is 95.8 Å². The highest BCUT2D eigenvalue weighted by Gasteiger charge is 2.19. The molecule has 0 aromatic heterocycles. The molecule has 0 aromatic rings. The van der Waals surface area contributed by atoms with Crippen LogP contribution in [0.1, 0.15) is 0 Å². The first-order valence-electron chi connectivity index (χ1n) is 5.71. The highest BCUT2D eigenvalue weighted by molar-refractivity contribution is 8.26.